The predicted molar refractivity (Wildman–Crippen MR) is 77.3 cm³/mol. The van der Waals surface area contributed by atoms with Gasteiger partial charge in [0, 0.05) is 11.1 Å². The standard InChI is InChI=1S/C12H16N6O2S/c19-11(14-5-8-7-21-12(20)15-8)10-6-18(17-16-10)9-1-3-13-4-2-9/h6-7,9,13H,1-5H2,(H,14,19)(H,15,20). The number of hydrogen-bond acceptors (Lipinski definition) is 6. The molecular formula is C12H16N6O2S. The molecule has 1 fully saturated rings. The van der Waals surface area contributed by atoms with Crippen molar-refractivity contribution < 1.29 is 4.79 Å². The molecule has 0 aliphatic carbocycles. The molecule has 1 aliphatic heterocycles. The summed E-state index contributed by atoms with van der Waals surface area (Å²) in [4.78, 5) is 25.5. The molecule has 3 rings (SSSR count). The van der Waals surface area contributed by atoms with Gasteiger partial charge in [0.1, 0.15) is 0 Å². The molecule has 8 nitrogen and oxygen atoms in total. The maximum atomic E-state index is 12.0. The molecule has 21 heavy (non-hydrogen) atoms. The minimum atomic E-state index is -0.290. The molecule has 112 valence electrons. The highest BCUT2D eigenvalue weighted by Crippen LogP contribution is 2.16. The van der Waals surface area contributed by atoms with Crippen LogP contribution in [0, 0.1) is 0 Å². The Morgan fingerprint density at radius 2 is 2.29 bits per heavy atom. The number of aromatic amines is 1. The van der Waals surface area contributed by atoms with Gasteiger partial charge in [0.05, 0.1) is 18.8 Å². The molecule has 0 unspecified atom stereocenters. The molecule has 1 amide bonds. The third-order valence-corrected chi connectivity index (χ3v) is 4.15. The molecule has 1 aliphatic rings. The van der Waals surface area contributed by atoms with Crippen molar-refractivity contribution in [1.29, 1.82) is 0 Å². The van der Waals surface area contributed by atoms with Crippen molar-refractivity contribution in [3.63, 3.8) is 0 Å². The van der Waals surface area contributed by atoms with Gasteiger partial charge < -0.3 is 15.6 Å². The fourth-order valence-corrected chi connectivity index (χ4v) is 2.88. The van der Waals surface area contributed by atoms with Crippen LogP contribution in [0.3, 0.4) is 0 Å². The molecule has 0 atom stereocenters. The second-order valence-corrected chi connectivity index (χ2v) is 5.76. The van der Waals surface area contributed by atoms with E-state index >= 15 is 0 Å². The van der Waals surface area contributed by atoms with Crippen molar-refractivity contribution in [2.45, 2.75) is 25.4 Å². The van der Waals surface area contributed by atoms with E-state index < -0.39 is 0 Å². The lowest BCUT2D eigenvalue weighted by Crippen LogP contribution is -2.29. The summed E-state index contributed by atoms with van der Waals surface area (Å²) >= 11 is 1.07. The van der Waals surface area contributed by atoms with Gasteiger partial charge in [0.25, 0.3) is 5.91 Å². The summed E-state index contributed by atoms with van der Waals surface area (Å²) in [6, 6.07) is 0.300. The number of hydrogen-bond donors (Lipinski definition) is 3. The summed E-state index contributed by atoms with van der Waals surface area (Å²) in [5.74, 6) is -0.290. The fourth-order valence-electron chi connectivity index (χ4n) is 2.30. The van der Waals surface area contributed by atoms with E-state index in [4.69, 9.17) is 0 Å². The number of nitrogens with zero attached hydrogens (tertiary/aromatic N) is 3. The van der Waals surface area contributed by atoms with E-state index in [1.54, 1.807) is 16.3 Å². The van der Waals surface area contributed by atoms with E-state index in [2.05, 4.69) is 25.9 Å². The van der Waals surface area contributed by atoms with Crippen LogP contribution in [0.1, 0.15) is 35.1 Å². The predicted octanol–water partition coefficient (Wildman–Crippen LogP) is -0.118. The zero-order valence-corrected chi connectivity index (χ0v) is 12.2. The highest BCUT2D eigenvalue weighted by molar-refractivity contribution is 7.07. The number of rotatable bonds is 4. The quantitative estimate of drug-likeness (QED) is 0.730. The van der Waals surface area contributed by atoms with Crippen molar-refractivity contribution in [3.8, 4) is 0 Å². The summed E-state index contributed by atoms with van der Waals surface area (Å²) in [6.45, 7) is 2.19. The average molecular weight is 308 g/mol. The molecule has 0 saturated carbocycles. The number of piperidine rings is 1. The first-order chi connectivity index (χ1) is 10.2. The van der Waals surface area contributed by atoms with Crippen LogP contribution < -0.4 is 15.5 Å². The van der Waals surface area contributed by atoms with Gasteiger partial charge in [-0.05, 0) is 25.9 Å². The SMILES string of the molecule is O=C(NCc1csc(=O)[nH]1)c1cn(C2CCNCC2)nn1. The summed E-state index contributed by atoms with van der Waals surface area (Å²) in [7, 11) is 0. The van der Waals surface area contributed by atoms with Crippen molar-refractivity contribution >= 4 is 17.2 Å². The normalized spacial score (nSPS) is 16.0. The molecule has 0 bridgehead atoms. The lowest BCUT2D eigenvalue weighted by molar-refractivity contribution is 0.0945. The summed E-state index contributed by atoms with van der Waals surface area (Å²) in [5, 5.41) is 15.7. The average Bonchev–Trinajstić information content (AvgIpc) is 3.15. The van der Waals surface area contributed by atoms with E-state index in [0.29, 0.717) is 17.4 Å². The minimum absolute atomic E-state index is 0.129. The van der Waals surface area contributed by atoms with E-state index in [-0.39, 0.29) is 17.3 Å². The summed E-state index contributed by atoms with van der Waals surface area (Å²) in [6.07, 6.45) is 3.66. The van der Waals surface area contributed by atoms with Crippen LogP contribution in [-0.4, -0.2) is 39.0 Å². The van der Waals surface area contributed by atoms with E-state index in [1.165, 1.54) is 0 Å². The van der Waals surface area contributed by atoms with Crippen molar-refractivity contribution in [3.05, 3.63) is 32.6 Å². The molecule has 3 heterocycles. The van der Waals surface area contributed by atoms with Crippen LogP contribution in [0.15, 0.2) is 16.4 Å². The van der Waals surface area contributed by atoms with Gasteiger partial charge in [-0.1, -0.05) is 16.6 Å². The Kier molecular flexibility index (Phi) is 4.11. The molecule has 2 aromatic heterocycles. The second-order valence-electron chi connectivity index (χ2n) is 4.92. The highest BCUT2D eigenvalue weighted by atomic mass is 32.1. The zero-order chi connectivity index (χ0) is 14.7. The van der Waals surface area contributed by atoms with Gasteiger partial charge in [-0.3, -0.25) is 9.59 Å². The Labute approximate surface area is 124 Å². The maximum absolute atomic E-state index is 12.0. The molecule has 9 heteroatoms. The zero-order valence-electron chi connectivity index (χ0n) is 11.3. The van der Waals surface area contributed by atoms with Gasteiger partial charge in [-0.25, -0.2) is 4.68 Å². The van der Waals surface area contributed by atoms with Gasteiger partial charge >= 0.3 is 4.87 Å². The smallest absolute Gasteiger partial charge is 0.304 e. The number of nitrogens with one attached hydrogen (secondary N) is 3. The lowest BCUT2D eigenvalue weighted by atomic mass is 10.1. The van der Waals surface area contributed by atoms with Gasteiger partial charge in [-0.2, -0.15) is 0 Å². The maximum Gasteiger partial charge on any atom is 0.304 e. The van der Waals surface area contributed by atoms with Crippen LogP contribution in [0.4, 0.5) is 0 Å². The van der Waals surface area contributed by atoms with Crippen LogP contribution in [0.5, 0.6) is 0 Å². The lowest BCUT2D eigenvalue weighted by Gasteiger charge is -2.22. The molecule has 2 aromatic rings. The largest absolute Gasteiger partial charge is 0.345 e. The first-order valence-electron chi connectivity index (χ1n) is 6.80. The molecule has 0 aromatic carbocycles. The Balaban J connectivity index is 1.59. The Morgan fingerprint density at radius 3 is 3.00 bits per heavy atom. The topological polar surface area (TPSA) is 105 Å². The number of carbonyl (C=O) groups excluding carboxylic acids is 1. The van der Waals surface area contributed by atoms with Crippen molar-refractivity contribution in [2.75, 3.05) is 13.1 Å². The number of aromatic nitrogens is 4. The molecule has 0 spiro atoms. The van der Waals surface area contributed by atoms with Crippen LogP contribution in [-0.2, 0) is 6.54 Å². The van der Waals surface area contributed by atoms with Crippen LogP contribution >= 0.6 is 11.3 Å². The monoisotopic (exact) mass is 308 g/mol. The van der Waals surface area contributed by atoms with E-state index in [1.807, 2.05) is 0 Å². The highest BCUT2D eigenvalue weighted by Gasteiger charge is 2.18. The van der Waals surface area contributed by atoms with Gasteiger partial charge in [-0.15, -0.1) is 5.10 Å². The third-order valence-electron chi connectivity index (χ3n) is 3.44. The van der Waals surface area contributed by atoms with Crippen molar-refractivity contribution in [2.24, 2.45) is 0 Å². The number of carbonyl (C=O) groups is 1. The second kappa shape index (κ2) is 6.19. The number of H-pyrrole nitrogens is 1. The van der Waals surface area contributed by atoms with E-state index in [9.17, 15) is 9.59 Å². The van der Waals surface area contributed by atoms with Crippen LogP contribution in [0.25, 0.3) is 0 Å². The van der Waals surface area contributed by atoms with Crippen molar-refractivity contribution in [1.82, 2.24) is 30.6 Å². The Morgan fingerprint density at radius 1 is 1.48 bits per heavy atom. The molecule has 3 N–H and O–H groups in total. The number of amides is 1. The van der Waals surface area contributed by atoms with E-state index in [0.717, 1.165) is 37.3 Å². The first kappa shape index (κ1) is 14.0. The minimum Gasteiger partial charge on any atom is -0.345 e. The Bertz CT molecular complexity index is 669. The third kappa shape index (κ3) is 3.37. The first-order valence-corrected chi connectivity index (χ1v) is 7.68. The summed E-state index contributed by atoms with van der Waals surface area (Å²) < 4.78 is 1.77. The molecular weight excluding hydrogens is 292 g/mol. The number of thiazole rings is 1. The van der Waals surface area contributed by atoms with Gasteiger partial charge in [0.15, 0.2) is 5.69 Å². The molecule has 1 saturated heterocycles. The van der Waals surface area contributed by atoms with Gasteiger partial charge in [0.2, 0.25) is 0 Å². The summed E-state index contributed by atoms with van der Waals surface area (Å²) in [5.41, 5.74) is 0.982. The fraction of sp³-hybridized carbons (Fsp3) is 0.500. The molecule has 0 radical (unpaired) electrons. The van der Waals surface area contributed by atoms with Crippen LogP contribution in [0.2, 0.25) is 0 Å². The Hall–Kier alpha value is -2.00.